The summed E-state index contributed by atoms with van der Waals surface area (Å²) >= 11 is 0. The van der Waals surface area contributed by atoms with Crippen molar-refractivity contribution in [2.45, 2.75) is 64.5 Å². The molecule has 2 aliphatic heterocycles. The Morgan fingerprint density at radius 2 is 1.71 bits per heavy atom. The van der Waals surface area contributed by atoms with Gasteiger partial charge in [-0.15, -0.1) is 5.10 Å². The van der Waals surface area contributed by atoms with E-state index in [2.05, 4.69) is 26.3 Å². The molecular formula is C21H35N5O2. The van der Waals surface area contributed by atoms with Gasteiger partial charge in [0, 0.05) is 51.4 Å². The second-order valence-electron chi connectivity index (χ2n) is 8.78. The van der Waals surface area contributed by atoms with E-state index >= 15 is 0 Å². The maximum atomic E-state index is 12.8. The predicted molar refractivity (Wildman–Crippen MR) is 107 cm³/mol. The summed E-state index contributed by atoms with van der Waals surface area (Å²) in [4.78, 5) is 17.4. The van der Waals surface area contributed by atoms with E-state index in [-0.39, 0.29) is 5.92 Å². The third-order valence-electron chi connectivity index (χ3n) is 6.65. The smallest absolute Gasteiger partial charge is 0.225 e. The number of rotatable bonds is 5. The molecule has 0 radical (unpaired) electrons. The molecule has 0 spiro atoms. The lowest BCUT2D eigenvalue weighted by molar-refractivity contribution is -0.137. The Labute approximate surface area is 168 Å². The SMILES string of the molecule is O=C(C1CCCCCC1)N1CCC(Cn2cc(CN3CCOCC3)nn2)CC1. The third-order valence-corrected chi connectivity index (χ3v) is 6.65. The average Bonchev–Trinajstić information content (AvgIpc) is 2.99. The van der Waals surface area contributed by atoms with Crippen molar-refractivity contribution < 1.29 is 9.53 Å². The number of carbonyl (C=O) groups excluding carboxylic acids is 1. The van der Waals surface area contributed by atoms with Gasteiger partial charge in [-0.3, -0.25) is 14.4 Å². The molecule has 1 amide bonds. The summed E-state index contributed by atoms with van der Waals surface area (Å²) in [7, 11) is 0. The van der Waals surface area contributed by atoms with E-state index in [9.17, 15) is 4.79 Å². The molecule has 0 N–H and O–H groups in total. The molecule has 2 saturated heterocycles. The Hall–Kier alpha value is -1.47. The van der Waals surface area contributed by atoms with Crippen molar-refractivity contribution in [1.29, 1.82) is 0 Å². The molecule has 1 saturated carbocycles. The van der Waals surface area contributed by atoms with Crippen LogP contribution < -0.4 is 0 Å². The van der Waals surface area contributed by atoms with Gasteiger partial charge in [0.05, 0.1) is 18.9 Å². The summed E-state index contributed by atoms with van der Waals surface area (Å²) in [6.07, 6.45) is 11.5. The lowest BCUT2D eigenvalue weighted by atomic mass is 9.93. The average molecular weight is 390 g/mol. The van der Waals surface area contributed by atoms with E-state index in [0.717, 1.165) is 83.9 Å². The van der Waals surface area contributed by atoms with Crippen LogP contribution in [0, 0.1) is 11.8 Å². The lowest BCUT2D eigenvalue weighted by Crippen LogP contribution is -2.42. The molecule has 7 nitrogen and oxygen atoms in total. The Morgan fingerprint density at radius 1 is 1.00 bits per heavy atom. The van der Waals surface area contributed by atoms with Crippen LogP contribution in [-0.4, -0.2) is 70.1 Å². The third kappa shape index (κ3) is 5.32. The summed E-state index contributed by atoms with van der Waals surface area (Å²) in [5, 5.41) is 8.70. The standard InChI is InChI=1S/C21H35N5O2/c27-21(19-5-3-1-2-4-6-19)25-9-7-18(8-10-25)15-26-17-20(22-23-26)16-24-11-13-28-14-12-24/h17-19H,1-16H2. The molecule has 4 rings (SSSR count). The summed E-state index contributed by atoms with van der Waals surface area (Å²) in [6, 6.07) is 0. The van der Waals surface area contributed by atoms with Crippen LogP contribution in [0.15, 0.2) is 6.20 Å². The van der Waals surface area contributed by atoms with E-state index in [1.165, 1.54) is 25.7 Å². The first-order valence-corrected chi connectivity index (χ1v) is 11.3. The normalized spacial score (nSPS) is 23.6. The number of morpholine rings is 1. The molecule has 1 aliphatic carbocycles. The summed E-state index contributed by atoms with van der Waals surface area (Å²) in [5.41, 5.74) is 1.04. The molecule has 28 heavy (non-hydrogen) atoms. The first kappa shape index (κ1) is 19.8. The molecular weight excluding hydrogens is 354 g/mol. The molecule has 156 valence electrons. The van der Waals surface area contributed by atoms with Gasteiger partial charge in [0.1, 0.15) is 0 Å². The fraction of sp³-hybridized carbons (Fsp3) is 0.857. The maximum Gasteiger partial charge on any atom is 0.225 e. The molecule has 3 heterocycles. The molecule has 7 heteroatoms. The van der Waals surface area contributed by atoms with E-state index in [4.69, 9.17) is 4.74 Å². The Balaban J connectivity index is 1.21. The number of ether oxygens (including phenoxy) is 1. The number of aromatic nitrogens is 3. The predicted octanol–water partition coefficient (Wildman–Crippen LogP) is 2.32. The van der Waals surface area contributed by atoms with Crippen LogP contribution in [0.3, 0.4) is 0 Å². The van der Waals surface area contributed by atoms with Gasteiger partial charge < -0.3 is 9.64 Å². The fourth-order valence-corrected chi connectivity index (χ4v) is 4.87. The number of hydrogen-bond donors (Lipinski definition) is 0. The molecule has 0 atom stereocenters. The van der Waals surface area contributed by atoms with Crippen molar-refractivity contribution in [2.75, 3.05) is 39.4 Å². The minimum atomic E-state index is 0.289. The molecule has 1 aromatic rings. The number of hydrogen-bond acceptors (Lipinski definition) is 5. The zero-order chi connectivity index (χ0) is 19.2. The van der Waals surface area contributed by atoms with Crippen molar-refractivity contribution in [1.82, 2.24) is 24.8 Å². The zero-order valence-electron chi connectivity index (χ0n) is 17.1. The minimum absolute atomic E-state index is 0.289. The highest BCUT2D eigenvalue weighted by Crippen LogP contribution is 2.27. The molecule has 3 fully saturated rings. The van der Waals surface area contributed by atoms with Crippen molar-refractivity contribution in [2.24, 2.45) is 11.8 Å². The van der Waals surface area contributed by atoms with Crippen LogP contribution in [-0.2, 0) is 22.6 Å². The van der Waals surface area contributed by atoms with Crippen LogP contribution >= 0.6 is 0 Å². The van der Waals surface area contributed by atoms with Crippen LogP contribution in [0.25, 0.3) is 0 Å². The second kappa shape index (κ2) is 9.83. The Bertz CT molecular complexity index is 612. The number of nitrogens with zero attached hydrogens (tertiary/aromatic N) is 5. The molecule has 0 aromatic carbocycles. The van der Waals surface area contributed by atoms with Gasteiger partial charge in [0.2, 0.25) is 5.91 Å². The second-order valence-corrected chi connectivity index (χ2v) is 8.78. The number of carbonyl (C=O) groups is 1. The molecule has 0 unspecified atom stereocenters. The van der Waals surface area contributed by atoms with Gasteiger partial charge in [-0.25, -0.2) is 0 Å². The van der Waals surface area contributed by atoms with E-state index < -0.39 is 0 Å². The van der Waals surface area contributed by atoms with E-state index in [0.29, 0.717) is 11.8 Å². The van der Waals surface area contributed by atoms with Crippen LogP contribution in [0.2, 0.25) is 0 Å². The van der Waals surface area contributed by atoms with Gasteiger partial charge in [-0.1, -0.05) is 30.9 Å². The quantitative estimate of drug-likeness (QED) is 0.723. The van der Waals surface area contributed by atoms with Crippen LogP contribution in [0.4, 0.5) is 0 Å². The van der Waals surface area contributed by atoms with Gasteiger partial charge in [0.15, 0.2) is 0 Å². The van der Waals surface area contributed by atoms with Crippen molar-refractivity contribution in [3.63, 3.8) is 0 Å². The zero-order valence-corrected chi connectivity index (χ0v) is 17.1. The molecule has 3 aliphatic rings. The highest BCUT2D eigenvalue weighted by Gasteiger charge is 2.28. The van der Waals surface area contributed by atoms with E-state index in [1.807, 2.05) is 4.68 Å². The first-order valence-electron chi connectivity index (χ1n) is 11.3. The number of piperidine rings is 1. The minimum Gasteiger partial charge on any atom is -0.379 e. The van der Waals surface area contributed by atoms with E-state index in [1.54, 1.807) is 0 Å². The van der Waals surface area contributed by atoms with Crippen molar-refractivity contribution in [3.8, 4) is 0 Å². The van der Waals surface area contributed by atoms with Crippen LogP contribution in [0.5, 0.6) is 0 Å². The van der Waals surface area contributed by atoms with Gasteiger partial charge in [-0.05, 0) is 31.6 Å². The largest absolute Gasteiger partial charge is 0.379 e. The van der Waals surface area contributed by atoms with Gasteiger partial charge in [-0.2, -0.15) is 0 Å². The monoisotopic (exact) mass is 389 g/mol. The van der Waals surface area contributed by atoms with Crippen molar-refractivity contribution >= 4 is 5.91 Å². The fourth-order valence-electron chi connectivity index (χ4n) is 4.87. The maximum absolute atomic E-state index is 12.8. The Kier molecular flexibility index (Phi) is 6.96. The first-order chi connectivity index (χ1) is 13.8. The van der Waals surface area contributed by atoms with Gasteiger partial charge >= 0.3 is 0 Å². The van der Waals surface area contributed by atoms with Gasteiger partial charge in [0.25, 0.3) is 0 Å². The molecule has 0 bridgehead atoms. The molecule has 1 aromatic heterocycles. The summed E-state index contributed by atoms with van der Waals surface area (Å²) in [6.45, 7) is 7.17. The Morgan fingerprint density at radius 3 is 2.43 bits per heavy atom. The summed E-state index contributed by atoms with van der Waals surface area (Å²) in [5.74, 6) is 1.31. The highest BCUT2D eigenvalue weighted by molar-refractivity contribution is 5.78. The number of amides is 1. The topological polar surface area (TPSA) is 63.5 Å². The highest BCUT2D eigenvalue weighted by atomic mass is 16.5. The number of likely N-dealkylation sites (tertiary alicyclic amines) is 1. The van der Waals surface area contributed by atoms with Crippen LogP contribution in [0.1, 0.15) is 57.1 Å². The van der Waals surface area contributed by atoms with Crippen molar-refractivity contribution in [3.05, 3.63) is 11.9 Å². The summed E-state index contributed by atoms with van der Waals surface area (Å²) < 4.78 is 7.41. The lowest BCUT2D eigenvalue weighted by Gasteiger charge is -2.34.